The summed E-state index contributed by atoms with van der Waals surface area (Å²) in [7, 11) is 1.59. The molecule has 1 aromatic carbocycles. The lowest BCUT2D eigenvalue weighted by atomic mass is 9.80. The van der Waals surface area contributed by atoms with Gasteiger partial charge in [-0.1, -0.05) is 0 Å². The molecule has 0 aliphatic heterocycles. The fourth-order valence-corrected chi connectivity index (χ4v) is 2.23. The summed E-state index contributed by atoms with van der Waals surface area (Å²) in [5.74, 6) is -0.776. The molecule has 0 unspecified atom stereocenters. The Balaban J connectivity index is 2.12. The summed E-state index contributed by atoms with van der Waals surface area (Å²) < 4.78 is 5.36. The quantitative estimate of drug-likeness (QED) is 0.630. The van der Waals surface area contributed by atoms with Crippen molar-refractivity contribution in [3.63, 3.8) is 0 Å². The van der Waals surface area contributed by atoms with E-state index in [1.54, 1.807) is 7.11 Å². The van der Waals surface area contributed by atoms with Crippen molar-refractivity contribution in [1.29, 1.82) is 0 Å². The molecule has 7 nitrogen and oxygen atoms in total. The van der Waals surface area contributed by atoms with E-state index >= 15 is 0 Å². The van der Waals surface area contributed by atoms with Crippen molar-refractivity contribution < 1.29 is 19.6 Å². The van der Waals surface area contributed by atoms with Crippen LogP contribution in [0.3, 0.4) is 0 Å². The van der Waals surface area contributed by atoms with Crippen LogP contribution in [-0.2, 0) is 4.74 Å². The Labute approximate surface area is 115 Å². The van der Waals surface area contributed by atoms with Crippen LogP contribution in [0, 0.1) is 10.1 Å². The summed E-state index contributed by atoms with van der Waals surface area (Å²) >= 11 is 0. The number of carbonyl (C=O) groups is 1. The summed E-state index contributed by atoms with van der Waals surface area (Å²) in [4.78, 5) is 22.3. The molecule has 1 aliphatic rings. The third-order valence-electron chi connectivity index (χ3n) is 3.69. The number of carbonyl (C=O) groups excluding carboxylic acids is 1. The molecular formula is C13H16N2O5. The number of benzene rings is 1. The van der Waals surface area contributed by atoms with Crippen LogP contribution in [0.4, 0.5) is 5.69 Å². The maximum Gasteiger partial charge on any atom is 0.282 e. The molecule has 2 rings (SSSR count). The van der Waals surface area contributed by atoms with E-state index in [1.807, 2.05) is 0 Å². The molecule has 0 saturated heterocycles. The molecular weight excluding hydrogens is 264 g/mol. The first kappa shape index (κ1) is 14.3. The zero-order chi connectivity index (χ0) is 14.8. The van der Waals surface area contributed by atoms with E-state index in [9.17, 15) is 20.0 Å². The maximum atomic E-state index is 12.0. The SMILES string of the molecule is COC1(CNC(=O)c2cc(O)ccc2[N+](=O)[O-])CCC1. The molecule has 1 fully saturated rings. The summed E-state index contributed by atoms with van der Waals surface area (Å²) in [5, 5.41) is 22.9. The Morgan fingerprint density at radius 1 is 1.55 bits per heavy atom. The van der Waals surface area contributed by atoms with Gasteiger partial charge in [0.25, 0.3) is 11.6 Å². The van der Waals surface area contributed by atoms with E-state index in [4.69, 9.17) is 4.74 Å². The minimum absolute atomic E-state index is 0.152. The molecule has 0 bridgehead atoms. The first-order valence-electron chi connectivity index (χ1n) is 6.28. The van der Waals surface area contributed by atoms with Gasteiger partial charge >= 0.3 is 0 Å². The average molecular weight is 280 g/mol. The largest absolute Gasteiger partial charge is 0.508 e. The number of nitrogens with zero attached hydrogens (tertiary/aromatic N) is 1. The minimum Gasteiger partial charge on any atom is -0.508 e. The summed E-state index contributed by atoms with van der Waals surface area (Å²) in [5.41, 5.74) is -0.845. The molecule has 1 aromatic rings. The van der Waals surface area contributed by atoms with Gasteiger partial charge < -0.3 is 15.2 Å². The lowest BCUT2D eigenvalue weighted by molar-refractivity contribution is -0.385. The molecule has 0 aromatic heterocycles. The third-order valence-corrected chi connectivity index (χ3v) is 3.69. The van der Waals surface area contributed by atoms with Gasteiger partial charge in [-0.3, -0.25) is 14.9 Å². The van der Waals surface area contributed by atoms with Crippen LogP contribution in [0.2, 0.25) is 0 Å². The number of phenols is 1. The van der Waals surface area contributed by atoms with Crippen molar-refractivity contribution in [2.45, 2.75) is 24.9 Å². The van der Waals surface area contributed by atoms with E-state index in [0.29, 0.717) is 6.54 Å². The molecule has 1 saturated carbocycles. The normalized spacial score (nSPS) is 16.2. The highest BCUT2D eigenvalue weighted by Crippen LogP contribution is 2.34. The number of nitro benzene ring substituents is 1. The predicted octanol–water partition coefficient (Wildman–Crippen LogP) is 1.60. The molecule has 7 heteroatoms. The molecule has 108 valence electrons. The number of hydrogen-bond acceptors (Lipinski definition) is 5. The van der Waals surface area contributed by atoms with Gasteiger partial charge in [0.15, 0.2) is 0 Å². The fourth-order valence-electron chi connectivity index (χ4n) is 2.23. The first-order valence-corrected chi connectivity index (χ1v) is 6.28. The zero-order valence-electron chi connectivity index (χ0n) is 11.1. The topological polar surface area (TPSA) is 102 Å². The lowest BCUT2D eigenvalue weighted by Gasteiger charge is -2.40. The maximum absolute atomic E-state index is 12.0. The Bertz CT molecular complexity index is 534. The van der Waals surface area contributed by atoms with Crippen LogP contribution in [0.1, 0.15) is 29.6 Å². The molecule has 0 atom stereocenters. The van der Waals surface area contributed by atoms with Crippen LogP contribution in [0.25, 0.3) is 0 Å². The molecule has 1 aliphatic carbocycles. The molecule has 2 N–H and O–H groups in total. The Kier molecular flexibility index (Phi) is 3.89. The van der Waals surface area contributed by atoms with Gasteiger partial charge in [-0.05, 0) is 31.4 Å². The van der Waals surface area contributed by atoms with E-state index in [0.717, 1.165) is 31.4 Å². The zero-order valence-corrected chi connectivity index (χ0v) is 11.1. The van der Waals surface area contributed by atoms with Crippen molar-refractivity contribution in [3.8, 4) is 5.75 Å². The number of hydrogen-bond donors (Lipinski definition) is 2. The Morgan fingerprint density at radius 2 is 2.25 bits per heavy atom. The minimum atomic E-state index is -0.649. The number of rotatable bonds is 5. The second kappa shape index (κ2) is 5.46. The lowest BCUT2D eigenvalue weighted by Crippen LogP contribution is -2.49. The number of phenolic OH excluding ortho intramolecular Hbond substituents is 1. The number of methoxy groups -OCH3 is 1. The third kappa shape index (κ3) is 2.72. The highest BCUT2D eigenvalue weighted by molar-refractivity contribution is 5.98. The van der Waals surface area contributed by atoms with Crippen molar-refractivity contribution in [2.24, 2.45) is 0 Å². The summed E-state index contributed by atoms with van der Waals surface area (Å²) in [6.07, 6.45) is 2.74. The second-order valence-corrected chi connectivity index (χ2v) is 4.88. The smallest absolute Gasteiger partial charge is 0.282 e. The predicted molar refractivity (Wildman–Crippen MR) is 70.7 cm³/mol. The van der Waals surface area contributed by atoms with Crippen LogP contribution in [0.15, 0.2) is 18.2 Å². The van der Waals surface area contributed by atoms with Gasteiger partial charge in [0.1, 0.15) is 11.3 Å². The summed E-state index contributed by atoms with van der Waals surface area (Å²) in [6, 6.07) is 3.38. The van der Waals surface area contributed by atoms with Gasteiger partial charge in [0.05, 0.1) is 10.5 Å². The van der Waals surface area contributed by atoms with Crippen LogP contribution >= 0.6 is 0 Å². The van der Waals surface area contributed by atoms with Gasteiger partial charge in [-0.15, -0.1) is 0 Å². The monoisotopic (exact) mass is 280 g/mol. The van der Waals surface area contributed by atoms with Gasteiger partial charge in [-0.25, -0.2) is 0 Å². The van der Waals surface area contributed by atoms with Crippen LogP contribution in [0.5, 0.6) is 5.75 Å². The molecule has 1 amide bonds. The summed E-state index contributed by atoms with van der Waals surface area (Å²) in [6.45, 7) is 0.301. The van der Waals surface area contributed by atoms with Crippen molar-refractivity contribution >= 4 is 11.6 Å². The van der Waals surface area contributed by atoms with Gasteiger partial charge in [0.2, 0.25) is 0 Å². The number of nitrogens with one attached hydrogen (secondary N) is 1. The highest BCUT2D eigenvalue weighted by Gasteiger charge is 2.37. The molecule has 0 radical (unpaired) electrons. The Morgan fingerprint density at radius 3 is 2.75 bits per heavy atom. The molecule has 0 spiro atoms. The van der Waals surface area contributed by atoms with E-state index in [1.165, 1.54) is 6.07 Å². The van der Waals surface area contributed by atoms with Crippen molar-refractivity contribution in [1.82, 2.24) is 5.32 Å². The van der Waals surface area contributed by atoms with Crippen molar-refractivity contribution in [3.05, 3.63) is 33.9 Å². The molecule has 20 heavy (non-hydrogen) atoms. The van der Waals surface area contributed by atoms with E-state index in [-0.39, 0.29) is 22.6 Å². The highest BCUT2D eigenvalue weighted by atomic mass is 16.6. The standard InChI is InChI=1S/C13H16N2O5/c1-20-13(5-2-6-13)8-14-12(17)10-7-9(16)3-4-11(10)15(18)19/h3-4,7,16H,2,5-6,8H2,1H3,(H,14,17). The van der Waals surface area contributed by atoms with Gasteiger partial charge in [-0.2, -0.15) is 0 Å². The number of aromatic hydroxyl groups is 1. The number of nitro groups is 1. The fraction of sp³-hybridized carbons (Fsp3) is 0.462. The molecule has 0 heterocycles. The van der Waals surface area contributed by atoms with Gasteiger partial charge in [0, 0.05) is 19.7 Å². The number of amides is 1. The number of ether oxygens (including phenoxy) is 1. The van der Waals surface area contributed by atoms with E-state index in [2.05, 4.69) is 5.32 Å². The second-order valence-electron chi connectivity index (χ2n) is 4.88. The van der Waals surface area contributed by atoms with Crippen LogP contribution in [-0.4, -0.2) is 35.2 Å². The Hall–Kier alpha value is -2.15. The van der Waals surface area contributed by atoms with Crippen LogP contribution < -0.4 is 5.32 Å². The average Bonchev–Trinajstić information content (AvgIpc) is 2.37. The van der Waals surface area contributed by atoms with E-state index < -0.39 is 10.8 Å². The first-order chi connectivity index (χ1) is 9.47. The van der Waals surface area contributed by atoms with Crippen molar-refractivity contribution in [2.75, 3.05) is 13.7 Å².